The maximum atomic E-state index is 12.1. The van der Waals surface area contributed by atoms with Gasteiger partial charge in [0.2, 0.25) is 0 Å². The van der Waals surface area contributed by atoms with Gasteiger partial charge in [-0.05, 0) is 55.0 Å². The molecule has 0 aromatic heterocycles. The molecule has 4 heteroatoms. The van der Waals surface area contributed by atoms with Crippen molar-refractivity contribution in [2.75, 3.05) is 12.0 Å². The van der Waals surface area contributed by atoms with Crippen molar-refractivity contribution in [2.24, 2.45) is 0 Å². The van der Waals surface area contributed by atoms with Gasteiger partial charge in [-0.25, -0.2) is 4.79 Å². The number of carbonyl (C=O) groups excluding carboxylic acids is 1. The summed E-state index contributed by atoms with van der Waals surface area (Å²) in [7, 11) is 0. The van der Waals surface area contributed by atoms with E-state index in [0.29, 0.717) is 5.92 Å². The Morgan fingerprint density at radius 1 is 1.12 bits per heavy atom. The molecule has 0 bridgehead atoms. The number of amides is 2. The quantitative estimate of drug-likeness (QED) is 0.736. The van der Waals surface area contributed by atoms with Gasteiger partial charge in [-0.2, -0.15) is 0 Å². The second kappa shape index (κ2) is 8.39. The fraction of sp³-hybridized carbons (Fsp3) is 0.350. The fourth-order valence-electron chi connectivity index (χ4n) is 2.49. The lowest BCUT2D eigenvalue weighted by molar-refractivity contribution is 0.234. The Morgan fingerprint density at radius 3 is 2.62 bits per heavy atom. The zero-order chi connectivity index (χ0) is 17.5. The van der Waals surface area contributed by atoms with Crippen LogP contribution in [0.25, 0.3) is 0 Å². The summed E-state index contributed by atoms with van der Waals surface area (Å²) in [6.45, 7) is 8.46. The van der Waals surface area contributed by atoms with Crippen molar-refractivity contribution in [1.82, 2.24) is 5.32 Å². The Balaban J connectivity index is 1.91. The van der Waals surface area contributed by atoms with Gasteiger partial charge in [0.15, 0.2) is 6.73 Å². The molecule has 24 heavy (non-hydrogen) atoms. The van der Waals surface area contributed by atoms with E-state index in [-0.39, 0.29) is 12.8 Å². The van der Waals surface area contributed by atoms with Crippen LogP contribution in [0, 0.1) is 13.8 Å². The number of para-hydroxylation sites is 1. The molecule has 1 atom stereocenters. The molecule has 0 aliphatic rings. The summed E-state index contributed by atoms with van der Waals surface area (Å²) in [6.07, 6.45) is 1.02. The van der Waals surface area contributed by atoms with Gasteiger partial charge in [-0.15, -0.1) is 0 Å². The van der Waals surface area contributed by atoms with E-state index in [2.05, 4.69) is 30.5 Å². The molecule has 2 amide bonds. The standard InChI is InChI=1S/C20H26N2O2/c1-5-14(2)17-10-6-7-11-18(17)22-20(23)21-13-24-19-12-8-9-15(3)16(19)4/h6-12,14H,5,13H2,1-4H3,(H2,21,22,23). The zero-order valence-electron chi connectivity index (χ0n) is 14.8. The Labute approximate surface area is 144 Å². The minimum absolute atomic E-state index is 0.127. The molecule has 0 aliphatic heterocycles. The van der Waals surface area contributed by atoms with E-state index in [1.807, 2.05) is 50.2 Å². The second-order valence-corrected chi connectivity index (χ2v) is 6.01. The van der Waals surface area contributed by atoms with Crippen LogP contribution in [0.2, 0.25) is 0 Å². The Hall–Kier alpha value is -2.49. The van der Waals surface area contributed by atoms with E-state index in [1.165, 1.54) is 5.56 Å². The normalized spacial score (nSPS) is 11.7. The maximum absolute atomic E-state index is 12.1. The SMILES string of the molecule is CCC(C)c1ccccc1NC(=O)NCOc1cccc(C)c1C. The first-order valence-electron chi connectivity index (χ1n) is 8.35. The van der Waals surface area contributed by atoms with Gasteiger partial charge < -0.3 is 15.4 Å². The number of ether oxygens (including phenoxy) is 1. The van der Waals surface area contributed by atoms with Gasteiger partial charge in [-0.1, -0.05) is 44.2 Å². The molecule has 2 rings (SSSR count). The predicted octanol–water partition coefficient (Wildman–Crippen LogP) is 4.97. The number of aryl methyl sites for hydroxylation is 1. The lowest BCUT2D eigenvalue weighted by atomic mass is 9.97. The number of hydrogen-bond acceptors (Lipinski definition) is 2. The Morgan fingerprint density at radius 2 is 1.88 bits per heavy atom. The third kappa shape index (κ3) is 4.51. The van der Waals surface area contributed by atoms with Crippen molar-refractivity contribution in [3.05, 3.63) is 59.2 Å². The summed E-state index contributed by atoms with van der Waals surface area (Å²) in [6, 6.07) is 13.5. The topological polar surface area (TPSA) is 50.4 Å². The number of carbonyl (C=O) groups is 1. The van der Waals surface area contributed by atoms with Crippen LogP contribution in [0.4, 0.5) is 10.5 Å². The Kier molecular flexibility index (Phi) is 6.24. The van der Waals surface area contributed by atoms with Gasteiger partial charge in [0.05, 0.1) is 0 Å². The number of hydrogen-bond donors (Lipinski definition) is 2. The molecule has 0 saturated carbocycles. The molecule has 0 spiro atoms. The molecule has 4 nitrogen and oxygen atoms in total. The number of rotatable bonds is 6. The van der Waals surface area contributed by atoms with Crippen molar-refractivity contribution < 1.29 is 9.53 Å². The third-order valence-corrected chi connectivity index (χ3v) is 4.37. The van der Waals surface area contributed by atoms with E-state index in [0.717, 1.165) is 29.0 Å². The van der Waals surface area contributed by atoms with Gasteiger partial charge in [0.1, 0.15) is 5.75 Å². The minimum atomic E-state index is -0.268. The molecule has 0 heterocycles. The highest BCUT2D eigenvalue weighted by Gasteiger charge is 2.11. The van der Waals surface area contributed by atoms with E-state index < -0.39 is 0 Å². The molecule has 0 saturated heterocycles. The lowest BCUT2D eigenvalue weighted by Crippen LogP contribution is -2.32. The van der Waals surface area contributed by atoms with E-state index >= 15 is 0 Å². The van der Waals surface area contributed by atoms with E-state index in [1.54, 1.807) is 0 Å². The van der Waals surface area contributed by atoms with Gasteiger partial charge in [0, 0.05) is 5.69 Å². The first-order valence-corrected chi connectivity index (χ1v) is 8.35. The first kappa shape index (κ1) is 17.9. The highest BCUT2D eigenvalue weighted by Crippen LogP contribution is 2.26. The second-order valence-electron chi connectivity index (χ2n) is 6.01. The van der Waals surface area contributed by atoms with Crippen molar-refractivity contribution in [3.8, 4) is 5.75 Å². The molecule has 2 aromatic rings. The number of benzene rings is 2. The van der Waals surface area contributed by atoms with Crippen LogP contribution in [-0.4, -0.2) is 12.8 Å². The molecule has 128 valence electrons. The molecule has 2 aromatic carbocycles. The largest absolute Gasteiger partial charge is 0.473 e. The lowest BCUT2D eigenvalue weighted by Gasteiger charge is -2.16. The predicted molar refractivity (Wildman–Crippen MR) is 98.7 cm³/mol. The highest BCUT2D eigenvalue weighted by molar-refractivity contribution is 5.90. The van der Waals surface area contributed by atoms with E-state index in [4.69, 9.17) is 4.74 Å². The van der Waals surface area contributed by atoms with Crippen LogP contribution in [0.15, 0.2) is 42.5 Å². The average molecular weight is 326 g/mol. The van der Waals surface area contributed by atoms with Crippen LogP contribution in [0.1, 0.15) is 42.9 Å². The summed E-state index contributed by atoms with van der Waals surface area (Å²) < 4.78 is 5.65. The van der Waals surface area contributed by atoms with Crippen molar-refractivity contribution in [3.63, 3.8) is 0 Å². The monoisotopic (exact) mass is 326 g/mol. The van der Waals surface area contributed by atoms with Crippen LogP contribution >= 0.6 is 0 Å². The number of urea groups is 1. The molecule has 1 unspecified atom stereocenters. The number of anilines is 1. The number of nitrogens with one attached hydrogen (secondary N) is 2. The van der Waals surface area contributed by atoms with Gasteiger partial charge >= 0.3 is 6.03 Å². The molecule has 2 N–H and O–H groups in total. The average Bonchev–Trinajstić information content (AvgIpc) is 2.58. The highest BCUT2D eigenvalue weighted by atomic mass is 16.5. The van der Waals surface area contributed by atoms with Gasteiger partial charge in [0.25, 0.3) is 0 Å². The fourth-order valence-corrected chi connectivity index (χ4v) is 2.49. The molecular weight excluding hydrogens is 300 g/mol. The molecule has 0 aliphatic carbocycles. The maximum Gasteiger partial charge on any atom is 0.321 e. The molecule has 0 radical (unpaired) electrons. The minimum Gasteiger partial charge on any atom is -0.473 e. The van der Waals surface area contributed by atoms with Crippen LogP contribution in [0.5, 0.6) is 5.75 Å². The smallest absolute Gasteiger partial charge is 0.321 e. The summed E-state index contributed by atoms with van der Waals surface area (Å²) >= 11 is 0. The molecule has 0 fully saturated rings. The van der Waals surface area contributed by atoms with Crippen molar-refractivity contribution in [1.29, 1.82) is 0 Å². The van der Waals surface area contributed by atoms with Gasteiger partial charge in [-0.3, -0.25) is 0 Å². The van der Waals surface area contributed by atoms with E-state index in [9.17, 15) is 4.79 Å². The summed E-state index contributed by atoms with van der Waals surface area (Å²) in [5.41, 5.74) is 4.24. The third-order valence-electron chi connectivity index (χ3n) is 4.37. The summed E-state index contributed by atoms with van der Waals surface area (Å²) in [5, 5.41) is 5.65. The van der Waals surface area contributed by atoms with Crippen molar-refractivity contribution >= 4 is 11.7 Å². The van der Waals surface area contributed by atoms with Crippen LogP contribution in [-0.2, 0) is 0 Å². The summed E-state index contributed by atoms with van der Waals surface area (Å²) in [4.78, 5) is 12.1. The van der Waals surface area contributed by atoms with Crippen LogP contribution < -0.4 is 15.4 Å². The van der Waals surface area contributed by atoms with Crippen molar-refractivity contribution in [2.45, 2.75) is 40.0 Å². The Bertz CT molecular complexity index is 698. The zero-order valence-corrected chi connectivity index (χ0v) is 14.8. The van der Waals surface area contributed by atoms with Crippen LogP contribution in [0.3, 0.4) is 0 Å². The first-order chi connectivity index (χ1) is 11.5. The molecular formula is C20H26N2O2. The summed E-state index contributed by atoms with van der Waals surface area (Å²) in [5.74, 6) is 1.18.